The van der Waals surface area contributed by atoms with Crippen LogP contribution < -0.4 is 5.11 Å². The van der Waals surface area contributed by atoms with Crippen molar-refractivity contribution >= 4 is 5.97 Å². The Hall–Kier alpha value is -0.0105. The van der Waals surface area contributed by atoms with Gasteiger partial charge in [-0.05, 0) is 18.8 Å². The molecule has 0 heterocycles. The Bertz CT molecular complexity index is 104. The van der Waals surface area contributed by atoms with E-state index in [0.29, 0.717) is 6.42 Å². The summed E-state index contributed by atoms with van der Waals surface area (Å²) in [5, 5.41) is 10.3. The monoisotopic (exact) mass is 206 g/mol. The maximum absolute atomic E-state index is 10.3. The van der Waals surface area contributed by atoms with E-state index in [1.165, 1.54) is 0 Å². The quantitative estimate of drug-likeness (QED) is 0.629. The van der Waals surface area contributed by atoms with Crippen LogP contribution in [0.5, 0.6) is 0 Å². The average Bonchev–Trinajstić information content (AvgIpc) is 1.89. The summed E-state index contributed by atoms with van der Waals surface area (Å²) in [5.41, 5.74) is 0. The molecule has 0 aromatic carbocycles. The summed E-state index contributed by atoms with van der Waals surface area (Å²) in [7, 11) is 0. The summed E-state index contributed by atoms with van der Waals surface area (Å²) in [6.07, 6.45) is 3.52. The maximum Gasteiger partial charge on any atom is 1.00 e. The van der Waals surface area contributed by atoms with Gasteiger partial charge >= 0.3 is 17.1 Å². The van der Waals surface area contributed by atoms with Gasteiger partial charge in [-0.15, -0.1) is 0 Å². The molecule has 0 saturated carbocycles. The van der Waals surface area contributed by atoms with Gasteiger partial charge in [-0.2, -0.15) is 0 Å². The predicted octanol–water partition coefficient (Wildman–Crippen LogP) is 0.950. The minimum atomic E-state index is -0.893. The third-order valence-electron chi connectivity index (χ3n) is 1.73. The van der Waals surface area contributed by atoms with E-state index in [1.807, 2.05) is 6.92 Å². The van der Waals surface area contributed by atoms with Crippen molar-refractivity contribution in [1.82, 2.24) is 0 Å². The zero-order chi connectivity index (χ0) is 7.98. The number of hydrogen-bond acceptors (Lipinski definition) is 2. The Morgan fingerprint density at radius 3 is 2.27 bits per heavy atom. The smallest absolute Gasteiger partial charge is 0.550 e. The van der Waals surface area contributed by atoms with Crippen LogP contribution in [0.15, 0.2) is 0 Å². The molecular weight excluding hydrogens is 192 g/mol. The van der Waals surface area contributed by atoms with Crippen molar-refractivity contribution in [3.8, 4) is 0 Å². The fraction of sp³-hybridized carbons (Fsp3) is 0.875. The molecule has 0 N–H and O–H groups in total. The van der Waals surface area contributed by atoms with Crippen molar-refractivity contribution in [2.45, 2.75) is 39.5 Å². The molecule has 0 rings (SSSR count). The van der Waals surface area contributed by atoms with Crippen LogP contribution in [0.1, 0.15) is 39.5 Å². The van der Waals surface area contributed by atoms with Gasteiger partial charge in [-0.25, -0.2) is 0 Å². The Kier molecular flexibility index (Phi) is 9.98. The first-order valence-electron chi connectivity index (χ1n) is 3.93. The van der Waals surface area contributed by atoms with Crippen molar-refractivity contribution < 1.29 is 27.0 Å². The number of hydrogen-bond donors (Lipinski definition) is 0. The van der Waals surface area contributed by atoms with E-state index in [1.54, 1.807) is 0 Å². The first-order chi connectivity index (χ1) is 4.72. The van der Waals surface area contributed by atoms with Gasteiger partial charge in [0.05, 0.1) is 0 Å². The van der Waals surface area contributed by atoms with Crippen molar-refractivity contribution in [3.05, 3.63) is 0 Å². The second-order valence-electron chi connectivity index (χ2n) is 2.57. The summed E-state index contributed by atoms with van der Waals surface area (Å²) in [6.45, 7) is 3.94. The van der Waals surface area contributed by atoms with Crippen LogP contribution in [0.2, 0.25) is 0 Å². The summed E-state index contributed by atoms with van der Waals surface area (Å²) < 4.78 is 0. The number of rotatable bonds is 5. The van der Waals surface area contributed by atoms with Gasteiger partial charge in [0.25, 0.3) is 0 Å². The molecule has 1 unspecified atom stereocenters. The van der Waals surface area contributed by atoms with Crippen LogP contribution >= 0.6 is 0 Å². The molecule has 3 heteroatoms. The van der Waals surface area contributed by atoms with E-state index in [4.69, 9.17) is 0 Å². The first kappa shape index (κ1) is 13.6. The van der Waals surface area contributed by atoms with Crippen LogP contribution in [-0.4, -0.2) is 5.97 Å². The standard InChI is InChI=1S/C8H16O2.Cu/c1-3-5-6-7(4-2)8(9)10;/h7H,3-6H2,1-2H3,(H,9,10);/q;+1/p-1. The van der Waals surface area contributed by atoms with Crippen molar-refractivity contribution in [3.63, 3.8) is 0 Å². The van der Waals surface area contributed by atoms with E-state index in [2.05, 4.69) is 6.92 Å². The Morgan fingerprint density at radius 2 is 2.00 bits per heavy atom. The molecule has 11 heavy (non-hydrogen) atoms. The molecule has 70 valence electrons. The maximum atomic E-state index is 10.3. The van der Waals surface area contributed by atoms with Crippen molar-refractivity contribution in [2.24, 2.45) is 5.92 Å². The van der Waals surface area contributed by atoms with Crippen molar-refractivity contribution in [2.75, 3.05) is 0 Å². The number of carboxylic acid groups (broad SMARTS) is 1. The average molecular weight is 207 g/mol. The van der Waals surface area contributed by atoms with Crippen LogP contribution in [0.25, 0.3) is 0 Å². The predicted molar refractivity (Wildman–Crippen MR) is 38.3 cm³/mol. The molecule has 0 aromatic heterocycles. The van der Waals surface area contributed by atoms with Crippen LogP contribution in [-0.2, 0) is 21.9 Å². The molecule has 0 fully saturated rings. The number of unbranched alkanes of at least 4 members (excludes halogenated alkanes) is 1. The van der Waals surface area contributed by atoms with E-state index < -0.39 is 5.97 Å². The SMILES string of the molecule is CCCCC(CC)C(=O)[O-].[Cu+]. The van der Waals surface area contributed by atoms with E-state index in [-0.39, 0.29) is 23.0 Å². The molecule has 0 bridgehead atoms. The normalized spacial score (nSPS) is 11.8. The second-order valence-corrected chi connectivity index (χ2v) is 2.57. The molecule has 0 aromatic rings. The summed E-state index contributed by atoms with van der Waals surface area (Å²) >= 11 is 0. The third-order valence-corrected chi connectivity index (χ3v) is 1.73. The molecule has 0 amide bonds. The molecule has 0 radical (unpaired) electrons. The summed E-state index contributed by atoms with van der Waals surface area (Å²) in [4.78, 5) is 10.3. The topological polar surface area (TPSA) is 40.1 Å². The van der Waals surface area contributed by atoms with Gasteiger partial charge in [0.1, 0.15) is 0 Å². The molecule has 0 aliphatic heterocycles. The van der Waals surface area contributed by atoms with Crippen LogP contribution in [0, 0.1) is 5.92 Å². The van der Waals surface area contributed by atoms with Gasteiger partial charge < -0.3 is 9.90 Å². The third kappa shape index (κ3) is 6.39. The van der Waals surface area contributed by atoms with Crippen LogP contribution in [0.4, 0.5) is 0 Å². The first-order valence-corrected chi connectivity index (χ1v) is 3.93. The van der Waals surface area contributed by atoms with Gasteiger partial charge in [-0.3, -0.25) is 0 Å². The van der Waals surface area contributed by atoms with Gasteiger partial charge in [-0.1, -0.05) is 26.7 Å². The van der Waals surface area contributed by atoms with E-state index in [0.717, 1.165) is 19.3 Å². The van der Waals surface area contributed by atoms with Gasteiger partial charge in [0.15, 0.2) is 0 Å². The minimum Gasteiger partial charge on any atom is -0.550 e. The molecule has 0 spiro atoms. The van der Waals surface area contributed by atoms with Gasteiger partial charge in [0.2, 0.25) is 0 Å². The molecule has 1 atom stereocenters. The van der Waals surface area contributed by atoms with Crippen molar-refractivity contribution in [1.29, 1.82) is 0 Å². The largest absolute Gasteiger partial charge is 1.00 e. The number of carbonyl (C=O) groups excluding carboxylic acids is 1. The zero-order valence-electron chi connectivity index (χ0n) is 7.02. The Labute approximate surface area is 78.8 Å². The number of aliphatic carboxylic acids is 1. The van der Waals surface area contributed by atoms with Crippen LogP contribution in [0.3, 0.4) is 0 Å². The summed E-state index contributed by atoms with van der Waals surface area (Å²) in [5.74, 6) is -1.11. The van der Waals surface area contributed by atoms with Gasteiger partial charge in [0, 0.05) is 5.97 Å². The minimum absolute atomic E-state index is 0. The Morgan fingerprint density at radius 1 is 1.45 bits per heavy atom. The molecule has 2 nitrogen and oxygen atoms in total. The zero-order valence-corrected chi connectivity index (χ0v) is 7.97. The molecule has 0 aliphatic carbocycles. The Balaban J connectivity index is 0. The number of carboxylic acids is 1. The van der Waals surface area contributed by atoms with E-state index >= 15 is 0 Å². The molecule has 0 saturated heterocycles. The summed E-state index contributed by atoms with van der Waals surface area (Å²) in [6, 6.07) is 0. The number of carbonyl (C=O) groups is 1. The fourth-order valence-corrected chi connectivity index (χ4v) is 0.939. The second kappa shape index (κ2) is 8.09. The molecular formula is C8H15CuO2. The fourth-order valence-electron chi connectivity index (χ4n) is 0.939. The van der Waals surface area contributed by atoms with E-state index in [9.17, 15) is 9.90 Å². The molecule has 0 aliphatic rings.